The lowest BCUT2D eigenvalue weighted by atomic mass is 9.95. The molecule has 1 N–H and O–H groups in total. The van der Waals surface area contributed by atoms with E-state index in [1.54, 1.807) is 0 Å². The first-order valence-electron chi connectivity index (χ1n) is 41.4. The highest BCUT2D eigenvalue weighted by molar-refractivity contribution is 5.16. The van der Waals surface area contributed by atoms with Gasteiger partial charge in [0.05, 0.1) is 6.61 Å². The van der Waals surface area contributed by atoms with E-state index in [2.05, 4.69) is 268 Å². The molecule has 0 saturated heterocycles. The number of aliphatic hydroxyl groups excluding tert-OH is 1. The molecule has 0 heterocycles. The molecule has 0 rings (SSSR count). The quantitative estimate of drug-likeness (QED) is 0.0602. The summed E-state index contributed by atoms with van der Waals surface area (Å²) in [6.07, 6.45) is 91.3. The van der Waals surface area contributed by atoms with E-state index in [9.17, 15) is 0 Å². The Hall–Kier alpha value is -5.24. The molecule has 1 atom stereocenters. The van der Waals surface area contributed by atoms with Gasteiger partial charge in [-0.25, -0.2) is 0 Å². The van der Waals surface area contributed by atoms with Gasteiger partial charge in [0.25, 0.3) is 0 Å². The Balaban J connectivity index is 4.40. The lowest BCUT2D eigenvalue weighted by Gasteiger charge is -2.11. The summed E-state index contributed by atoms with van der Waals surface area (Å²) in [4.78, 5) is 0. The summed E-state index contributed by atoms with van der Waals surface area (Å²) in [7, 11) is 0. The first kappa shape index (κ1) is 96.8. The molecule has 102 heavy (non-hydrogen) atoms. The van der Waals surface area contributed by atoms with Crippen LogP contribution in [0.25, 0.3) is 0 Å². The van der Waals surface area contributed by atoms with E-state index in [4.69, 9.17) is 5.11 Å². The maximum atomic E-state index is 9.04. The Kier molecular flexibility index (Phi) is 60.9. The maximum absolute atomic E-state index is 9.04. The van der Waals surface area contributed by atoms with Crippen LogP contribution in [0.4, 0.5) is 0 Å². The summed E-state index contributed by atoms with van der Waals surface area (Å²) >= 11 is 0. The van der Waals surface area contributed by atoms with E-state index in [1.807, 2.05) is 6.08 Å². The molecule has 0 aliphatic carbocycles. The van der Waals surface area contributed by atoms with Crippen LogP contribution in [0, 0.1) is 5.92 Å². The lowest BCUT2D eigenvalue weighted by molar-refractivity contribution is 0.341. The molecule has 0 aliphatic heterocycles. The van der Waals surface area contributed by atoms with Crippen molar-refractivity contribution in [3.63, 3.8) is 0 Å². The Morgan fingerprint density at radius 2 is 0.304 bits per heavy atom. The molecular weight excluding hydrogens is 1230 g/mol. The van der Waals surface area contributed by atoms with Crippen LogP contribution in [0.5, 0.6) is 0 Å². The molecule has 0 radical (unpaired) electrons. The zero-order chi connectivity index (χ0) is 76.1. The van der Waals surface area contributed by atoms with Crippen LogP contribution in [0.1, 0.15) is 390 Å². The molecule has 0 spiro atoms. The fourth-order valence-corrected chi connectivity index (χ4v) is 12.6. The van der Waals surface area contributed by atoms with Gasteiger partial charge in [-0.1, -0.05) is 240 Å². The van der Waals surface area contributed by atoms with Crippen molar-refractivity contribution in [3.8, 4) is 0 Å². The molecule has 0 amide bonds. The van der Waals surface area contributed by atoms with Crippen molar-refractivity contribution in [3.05, 3.63) is 233 Å². The van der Waals surface area contributed by atoms with Gasteiger partial charge in [-0.15, -0.1) is 0 Å². The molecule has 0 aliphatic rings. The van der Waals surface area contributed by atoms with Gasteiger partial charge in [-0.2, -0.15) is 0 Å². The molecule has 0 bridgehead atoms. The van der Waals surface area contributed by atoms with E-state index < -0.39 is 0 Å². The van der Waals surface area contributed by atoms with Gasteiger partial charge in [0, 0.05) is 0 Å². The van der Waals surface area contributed by atoms with Gasteiger partial charge < -0.3 is 5.11 Å². The summed E-state index contributed by atoms with van der Waals surface area (Å²) in [5, 5.41) is 9.04. The fourth-order valence-electron chi connectivity index (χ4n) is 12.6. The molecule has 1 nitrogen and oxygen atoms in total. The summed E-state index contributed by atoms with van der Waals surface area (Å²) in [6, 6.07) is 0. The van der Waals surface area contributed by atoms with Crippen molar-refractivity contribution < 1.29 is 5.11 Å². The zero-order valence-corrected chi connectivity index (χ0v) is 71.4. The second-order valence-electron chi connectivity index (χ2n) is 32.2. The SMILES string of the molecule is CC(C)=CCC/C(C)=C/CC/C(C)=C/CC/C(C)=C/CC/C(C)=C/CC(C)/C(C)=C/CC/C(C)=C/CC/C(C)=C/CC/C(C)=C/CC/C(C)=C/CC/C(C)=C/CC/C(C)=C/CC/C(C)=C/CC/C(C)=C/CC/C(C)=C/CC/C(C)=C/CC/C(C)=C/CC/C(C)=C/CC/C(C)=C/CC/C(C)=C/CO. The Bertz CT molecular complexity index is 2960. The van der Waals surface area contributed by atoms with Gasteiger partial charge in [0.1, 0.15) is 0 Å². The van der Waals surface area contributed by atoms with E-state index in [-0.39, 0.29) is 6.61 Å². The molecule has 0 aromatic heterocycles. The Morgan fingerprint density at radius 1 is 0.176 bits per heavy atom. The third-order valence-corrected chi connectivity index (χ3v) is 20.6. The summed E-state index contributed by atoms with van der Waals surface area (Å²) < 4.78 is 0. The highest BCUT2D eigenvalue weighted by Gasteiger charge is 2.05. The smallest absolute Gasteiger partial charge is 0.0614 e. The largest absolute Gasteiger partial charge is 0.392 e. The maximum Gasteiger partial charge on any atom is 0.0614 e. The number of allylic oxidation sites excluding steroid dienone is 39. The van der Waals surface area contributed by atoms with Crippen molar-refractivity contribution in [1.29, 1.82) is 0 Å². The molecular formula is C101H164O. The van der Waals surface area contributed by atoms with Crippen LogP contribution in [0.2, 0.25) is 0 Å². The molecule has 0 aromatic carbocycles. The Labute approximate surface area is 636 Å². The monoisotopic (exact) mass is 1390 g/mol. The topological polar surface area (TPSA) is 20.2 Å². The van der Waals surface area contributed by atoms with Crippen LogP contribution in [-0.2, 0) is 0 Å². The molecule has 0 aromatic rings. The first-order valence-corrected chi connectivity index (χ1v) is 41.4. The van der Waals surface area contributed by atoms with Crippen LogP contribution < -0.4 is 0 Å². The van der Waals surface area contributed by atoms with Gasteiger partial charge in [-0.3, -0.25) is 0 Å². The number of aliphatic hydroxyl groups is 1. The normalized spacial score (nSPS) is 15.6. The summed E-state index contributed by atoms with van der Waals surface area (Å²) in [5.41, 5.74) is 30.1. The molecule has 1 heteroatoms. The van der Waals surface area contributed by atoms with Crippen molar-refractivity contribution in [2.75, 3.05) is 6.61 Å². The highest BCUT2D eigenvalue weighted by atomic mass is 16.2. The van der Waals surface area contributed by atoms with Crippen LogP contribution in [0.3, 0.4) is 0 Å². The fraction of sp³-hybridized carbons (Fsp3) is 0.604. The van der Waals surface area contributed by atoms with Crippen molar-refractivity contribution in [2.45, 2.75) is 390 Å². The van der Waals surface area contributed by atoms with Gasteiger partial charge >= 0.3 is 0 Å². The van der Waals surface area contributed by atoms with Crippen LogP contribution in [-0.4, -0.2) is 11.7 Å². The summed E-state index contributed by atoms with van der Waals surface area (Å²) in [5.74, 6) is 0.597. The molecule has 0 fully saturated rings. The first-order chi connectivity index (χ1) is 48.7. The average molecular weight is 1390 g/mol. The van der Waals surface area contributed by atoms with Crippen LogP contribution in [0.15, 0.2) is 233 Å². The molecule has 1 unspecified atom stereocenters. The standard InChI is InChI=1S/C101H164O/c1-81(2)41-23-42-82(3)43-24-44-83(4)65-35-67-95(16)71-38-73-98(19)77-78-101(22)100(21)76-40-75-97(18)70-37-69-94(15)64-34-63-92(13)60-32-59-90(11)56-30-55-88(9)52-28-51-86(7)48-26-47-84(5)45-25-46-85(6)49-27-50-87(8)53-29-54-89(10)57-31-58-91(12)61-33-62-93(14)66-36-68-96(17)72-39-74-99(20)79-80-102/h41,43,45,48-49,52-53,56-57,60-61,64-66,70-72,76-77,79,101-102H,23-40,42,44,46-47,50-51,54-55,58-59,62-63,67-69,73-75,78,80H2,1-22H3/b82-43+,83-65+,84-45+,85-49+,86-48+,87-53+,88-52+,89-57+,90-56+,91-61+,92-60+,93-66+,94-64+,95-71+,96-72+,97-70+,98-77+,99-79+,100-76+. The predicted molar refractivity (Wildman–Crippen MR) is 468 cm³/mol. The van der Waals surface area contributed by atoms with E-state index in [0.29, 0.717) is 5.92 Å². The van der Waals surface area contributed by atoms with E-state index in [0.717, 1.165) is 161 Å². The van der Waals surface area contributed by atoms with E-state index in [1.165, 1.54) is 189 Å². The van der Waals surface area contributed by atoms with E-state index >= 15 is 0 Å². The van der Waals surface area contributed by atoms with Crippen LogP contribution >= 0.6 is 0 Å². The van der Waals surface area contributed by atoms with Crippen molar-refractivity contribution in [2.24, 2.45) is 5.92 Å². The third kappa shape index (κ3) is 63.3. The number of hydrogen-bond donors (Lipinski definition) is 1. The third-order valence-electron chi connectivity index (χ3n) is 20.6. The van der Waals surface area contributed by atoms with Crippen molar-refractivity contribution in [1.82, 2.24) is 0 Å². The minimum absolute atomic E-state index is 0.146. The zero-order valence-electron chi connectivity index (χ0n) is 71.4. The second kappa shape index (κ2) is 64.2. The minimum Gasteiger partial charge on any atom is -0.392 e. The predicted octanol–water partition coefficient (Wildman–Crippen LogP) is 34.0. The van der Waals surface area contributed by atoms with Gasteiger partial charge in [0.2, 0.25) is 0 Å². The van der Waals surface area contributed by atoms with Gasteiger partial charge in [0.15, 0.2) is 0 Å². The minimum atomic E-state index is 0.146. The highest BCUT2D eigenvalue weighted by Crippen LogP contribution is 2.24. The van der Waals surface area contributed by atoms with Gasteiger partial charge in [-0.05, 0) is 389 Å². The molecule has 574 valence electrons. The van der Waals surface area contributed by atoms with Crippen molar-refractivity contribution >= 4 is 0 Å². The molecule has 0 saturated carbocycles. The second-order valence-corrected chi connectivity index (χ2v) is 32.2. The lowest BCUT2D eigenvalue weighted by Crippen LogP contribution is -1.95. The summed E-state index contributed by atoms with van der Waals surface area (Å²) in [6.45, 7) is 50.6. The Morgan fingerprint density at radius 3 is 0.451 bits per heavy atom. The number of rotatable bonds is 58. The number of hydrogen-bond acceptors (Lipinski definition) is 1. The average Bonchev–Trinajstić information content (AvgIpc) is 1.37.